The van der Waals surface area contributed by atoms with Crippen LogP contribution in [-0.2, 0) is 22.4 Å². The monoisotopic (exact) mass is 504 g/mol. The van der Waals surface area contributed by atoms with Gasteiger partial charge in [-0.3, -0.25) is 4.79 Å². The van der Waals surface area contributed by atoms with Crippen molar-refractivity contribution in [3.05, 3.63) is 69.6 Å². The highest BCUT2D eigenvalue weighted by Crippen LogP contribution is 2.40. The Kier molecular flexibility index (Phi) is 6.39. The third-order valence-corrected chi connectivity index (χ3v) is 6.90. The minimum Gasteiger partial charge on any atom is -0.480 e. The van der Waals surface area contributed by atoms with Gasteiger partial charge in [-0.2, -0.15) is 12.6 Å². The van der Waals surface area contributed by atoms with Gasteiger partial charge in [0.15, 0.2) is 0 Å². The van der Waals surface area contributed by atoms with Crippen molar-refractivity contribution in [1.29, 1.82) is 0 Å². The zero-order valence-corrected chi connectivity index (χ0v) is 19.0. The van der Waals surface area contributed by atoms with Crippen LogP contribution in [-0.4, -0.2) is 33.8 Å². The Hall–Kier alpha value is -2.32. The Morgan fingerprint density at radius 2 is 2.10 bits per heavy atom. The molecule has 0 fully saturated rings. The number of nitrogens with one attached hydrogen (secondary N) is 2. The van der Waals surface area contributed by atoms with Crippen molar-refractivity contribution in [3.63, 3.8) is 0 Å². The largest absolute Gasteiger partial charge is 0.480 e. The van der Waals surface area contributed by atoms with Crippen LogP contribution in [0.1, 0.15) is 29.0 Å². The Morgan fingerprint density at radius 3 is 2.84 bits per heavy atom. The molecule has 1 amide bonds. The standard InChI is InChI=1S/C23H22BrFN2O3S/c24-14-2-5-16-12(7-14)1-4-18(16)19(11-31)22(28)27-21(23(29)30)8-13-10-26-20-9-15(25)3-6-17(13)20/h2-3,5-7,9-10,18-19,21,26,31H,1,4,8,11H2,(H,27,28)(H,29,30). The fourth-order valence-corrected chi connectivity index (χ4v) is 5.28. The van der Waals surface area contributed by atoms with Crippen LogP contribution in [0.15, 0.2) is 47.1 Å². The number of aryl methyl sites for hydroxylation is 1. The number of fused-ring (bicyclic) bond motifs is 2. The second-order valence-electron chi connectivity index (χ2n) is 7.88. The van der Waals surface area contributed by atoms with Crippen molar-refractivity contribution < 1.29 is 19.1 Å². The van der Waals surface area contributed by atoms with Crippen LogP contribution < -0.4 is 5.32 Å². The molecule has 3 atom stereocenters. The Bertz CT molecular complexity index is 1150. The van der Waals surface area contributed by atoms with E-state index < -0.39 is 17.9 Å². The molecule has 0 radical (unpaired) electrons. The molecule has 2 aromatic carbocycles. The van der Waals surface area contributed by atoms with Crippen molar-refractivity contribution in [3.8, 4) is 0 Å². The molecular formula is C23H22BrFN2O3S. The molecule has 0 bridgehead atoms. The smallest absolute Gasteiger partial charge is 0.326 e. The average molecular weight is 505 g/mol. The summed E-state index contributed by atoms with van der Waals surface area (Å²) in [7, 11) is 0. The lowest BCUT2D eigenvalue weighted by molar-refractivity contribution is -0.142. The molecule has 3 N–H and O–H groups in total. The molecule has 0 spiro atoms. The van der Waals surface area contributed by atoms with E-state index in [1.807, 2.05) is 12.1 Å². The highest BCUT2D eigenvalue weighted by atomic mass is 79.9. The SMILES string of the molecule is O=C(O)C(Cc1c[nH]c2cc(F)ccc12)NC(=O)C(CS)C1CCc2cc(Br)ccc21. The number of aliphatic carboxylic acids is 1. The van der Waals surface area contributed by atoms with E-state index in [0.29, 0.717) is 16.8 Å². The predicted octanol–water partition coefficient (Wildman–Crippen LogP) is 4.46. The Morgan fingerprint density at radius 1 is 1.29 bits per heavy atom. The number of thiol groups is 1. The molecule has 0 saturated carbocycles. The van der Waals surface area contributed by atoms with Gasteiger partial charge in [0.1, 0.15) is 11.9 Å². The summed E-state index contributed by atoms with van der Waals surface area (Å²) in [5, 5.41) is 13.2. The van der Waals surface area contributed by atoms with Gasteiger partial charge in [-0.1, -0.05) is 22.0 Å². The molecule has 1 aliphatic rings. The van der Waals surface area contributed by atoms with Crippen molar-refractivity contribution >= 4 is 51.3 Å². The molecule has 3 unspecified atom stereocenters. The molecule has 0 aliphatic heterocycles. The first-order valence-corrected chi connectivity index (χ1v) is 11.5. The number of aromatic amines is 1. The van der Waals surface area contributed by atoms with Crippen LogP contribution in [0, 0.1) is 11.7 Å². The second kappa shape index (κ2) is 9.04. The fraction of sp³-hybridized carbons (Fsp3) is 0.304. The number of carboxylic acid groups (broad SMARTS) is 1. The van der Waals surface area contributed by atoms with Crippen LogP contribution in [0.25, 0.3) is 10.9 Å². The number of carbonyl (C=O) groups excluding carboxylic acids is 1. The van der Waals surface area contributed by atoms with E-state index in [2.05, 4.69) is 44.9 Å². The van der Waals surface area contributed by atoms with E-state index in [1.54, 1.807) is 12.3 Å². The lowest BCUT2D eigenvalue weighted by atomic mass is 9.87. The summed E-state index contributed by atoms with van der Waals surface area (Å²) in [6, 6.07) is 9.28. The molecule has 31 heavy (non-hydrogen) atoms. The third kappa shape index (κ3) is 4.50. The maximum Gasteiger partial charge on any atom is 0.326 e. The number of carboxylic acids is 1. The van der Waals surface area contributed by atoms with Crippen molar-refractivity contribution in [1.82, 2.24) is 10.3 Å². The van der Waals surface area contributed by atoms with E-state index in [1.165, 1.54) is 17.7 Å². The third-order valence-electron chi connectivity index (χ3n) is 6.02. The first kappa shape index (κ1) is 21.9. The van der Waals surface area contributed by atoms with Gasteiger partial charge >= 0.3 is 5.97 Å². The van der Waals surface area contributed by atoms with Gasteiger partial charge in [0.2, 0.25) is 5.91 Å². The van der Waals surface area contributed by atoms with Crippen LogP contribution in [0.2, 0.25) is 0 Å². The van der Waals surface area contributed by atoms with Gasteiger partial charge < -0.3 is 15.4 Å². The van der Waals surface area contributed by atoms with E-state index in [-0.39, 0.29) is 24.1 Å². The molecule has 1 heterocycles. The number of hydrogen-bond acceptors (Lipinski definition) is 3. The van der Waals surface area contributed by atoms with E-state index in [9.17, 15) is 19.1 Å². The minimum atomic E-state index is -1.11. The number of amides is 1. The zero-order chi connectivity index (χ0) is 22.1. The summed E-state index contributed by atoms with van der Waals surface area (Å²) in [5.74, 6) is -1.89. The average Bonchev–Trinajstić information content (AvgIpc) is 3.31. The Balaban J connectivity index is 1.52. The number of aromatic nitrogens is 1. The fourth-order valence-electron chi connectivity index (χ4n) is 4.46. The first-order chi connectivity index (χ1) is 14.9. The second-order valence-corrected chi connectivity index (χ2v) is 9.17. The zero-order valence-electron chi connectivity index (χ0n) is 16.6. The highest BCUT2D eigenvalue weighted by Gasteiger charge is 2.35. The lowest BCUT2D eigenvalue weighted by Crippen LogP contribution is -2.46. The van der Waals surface area contributed by atoms with Crippen molar-refractivity contribution in [2.75, 3.05) is 5.75 Å². The van der Waals surface area contributed by atoms with Crippen molar-refractivity contribution in [2.24, 2.45) is 5.92 Å². The summed E-state index contributed by atoms with van der Waals surface area (Å²) < 4.78 is 14.4. The summed E-state index contributed by atoms with van der Waals surface area (Å²) in [6.45, 7) is 0. The van der Waals surface area contributed by atoms with Crippen molar-refractivity contribution in [2.45, 2.75) is 31.2 Å². The van der Waals surface area contributed by atoms with Gasteiger partial charge in [-0.25, -0.2) is 9.18 Å². The van der Waals surface area contributed by atoms with Crippen LogP contribution >= 0.6 is 28.6 Å². The van der Waals surface area contributed by atoms with Crippen LogP contribution in [0.4, 0.5) is 4.39 Å². The summed E-state index contributed by atoms with van der Waals surface area (Å²) in [6.07, 6.45) is 3.47. The number of halogens is 2. The number of rotatable bonds is 7. The molecule has 162 valence electrons. The first-order valence-electron chi connectivity index (χ1n) is 10.0. The minimum absolute atomic E-state index is 0.00566. The van der Waals surface area contributed by atoms with Crippen LogP contribution in [0.3, 0.4) is 0 Å². The number of H-pyrrole nitrogens is 1. The van der Waals surface area contributed by atoms with E-state index in [4.69, 9.17) is 0 Å². The summed E-state index contributed by atoms with van der Waals surface area (Å²) >= 11 is 7.89. The van der Waals surface area contributed by atoms with E-state index >= 15 is 0 Å². The molecule has 8 heteroatoms. The Labute approximate surface area is 193 Å². The van der Waals surface area contributed by atoms with Gasteiger partial charge in [0, 0.05) is 33.7 Å². The van der Waals surface area contributed by atoms with Gasteiger partial charge in [-0.15, -0.1) is 0 Å². The summed E-state index contributed by atoms with van der Waals surface area (Å²) in [5.41, 5.74) is 3.64. The maximum atomic E-state index is 13.4. The van der Waals surface area contributed by atoms with Gasteiger partial charge in [-0.05, 0) is 65.8 Å². The predicted molar refractivity (Wildman–Crippen MR) is 124 cm³/mol. The molecular weight excluding hydrogens is 483 g/mol. The molecule has 3 aromatic rings. The molecule has 5 nitrogen and oxygen atoms in total. The highest BCUT2D eigenvalue weighted by molar-refractivity contribution is 9.10. The lowest BCUT2D eigenvalue weighted by Gasteiger charge is -2.24. The topological polar surface area (TPSA) is 82.2 Å². The molecule has 4 rings (SSSR count). The van der Waals surface area contributed by atoms with E-state index in [0.717, 1.165) is 28.3 Å². The number of benzene rings is 2. The quantitative estimate of drug-likeness (QED) is 0.358. The molecule has 0 saturated heterocycles. The van der Waals surface area contributed by atoms with Crippen LogP contribution in [0.5, 0.6) is 0 Å². The molecule has 1 aliphatic carbocycles. The maximum absolute atomic E-state index is 13.4. The molecule has 1 aromatic heterocycles. The number of hydrogen-bond donors (Lipinski definition) is 4. The number of carbonyl (C=O) groups is 2. The normalized spacial score (nSPS) is 17.3. The van der Waals surface area contributed by atoms with Gasteiger partial charge in [0.05, 0.1) is 5.92 Å². The summed E-state index contributed by atoms with van der Waals surface area (Å²) in [4.78, 5) is 28.0. The van der Waals surface area contributed by atoms with Gasteiger partial charge in [0.25, 0.3) is 0 Å².